The first-order valence-corrected chi connectivity index (χ1v) is 5.96. The number of anilines is 2. The Labute approximate surface area is 115 Å². The number of aryl methyl sites for hydroxylation is 1. The Morgan fingerprint density at radius 2 is 1.95 bits per heavy atom. The molecule has 0 aliphatic rings. The van der Waals surface area contributed by atoms with Crippen LogP contribution in [0, 0.1) is 11.6 Å². The molecule has 0 unspecified atom stereocenters. The van der Waals surface area contributed by atoms with Gasteiger partial charge in [0.25, 0.3) is 0 Å². The van der Waals surface area contributed by atoms with Crippen molar-refractivity contribution in [3.63, 3.8) is 0 Å². The largest absolute Gasteiger partial charge is 0.323 e. The lowest BCUT2D eigenvalue weighted by Gasteiger charge is -2.08. The van der Waals surface area contributed by atoms with Gasteiger partial charge in [-0.05, 0) is 12.1 Å². The molecule has 5 nitrogen and oxygen atoms in total. The van der Waals surface area contributed by atoms with Crippen molar-refractivity contribution in [3.05, 3.63) is 40.6 Å². The smallest absolute Gasteiger partial charge is 0.305 e. The standard InChI is InChI=1S/C11H9BrF2N4O/c1-18-5-7(4-15-18)16-11(19)17-10-8(13)2-6(12)3-9(10)14/h2-5H,1H3,(H2,16,17,19). The van der Waals surface area contributed by atoms with E-state index < -0.39 is 23.4 Å². The third kappa shape index (κ3) is 3.28. The number of amides is 2. The van der Waals surface area contributed by atoms with Crippen molar-refractivity contribution < 1.29 is 13.6 Å². The Morgan fingerprint density at radius 1 is 1.32 bits per heavy atom. The van der Waals surface area contributed by atoms with Crippen molar-refractivity contribution in [3.8, 4) is 0 Å². The highest BCUT2D eigenvalue weighted by Gasteiger charge is 2.13. The fourth-order valence-corrected chi connectivity index (χ4v) is 1.83. The summed E-state index contributed by atoms with van der Waals surface area (Å²) >= 11 is 2.95. The van der Waals surface area contributed by atoms with E-state index in [-0.39, 0.29) is 4.47 Å². The minimum atomic E-state index is -0.867. The first-order chi connectivity index (χ1) is 8.95. The van der Waals surface area contributed by atoms with Crippen LogP contribution in [0.3, 0.4) is 0 Å². The molecule has 19 heavy (non-hydrogen) atoms. The van der Waals surface area contributed by atoms with Gasteiger partial charge in [-0.1, -0.05) is 15.9 Å². The third-order valence-corrected chi connectivity index (χ3v) is 2.67. The fraction of sp³-hybridized carbons (Fsp3) is 0.0909. The van der Waals surface area contributed by atoms with E-state index in [4.69, 9.17) is 0 Å². The second-order valence-electron chi connectivity index (χ2n) is 3.73. The van der Waals surface area contributed by atoms with E-state index in [1.807, 2.05) is 0 Å². The quantitative estimate of drug-likeness (QED) is 0.888. The van der Waals surface area contributed by atoms with Crippen molar-refractivity contribution in [2.45, 2.75) is 0 Å². The predicted octanol–water partition coefficient (Wildman–Crippen LogP) is 3.10. The Balaban J connectivity index is 2.11. The molecular formula is C11H9BrF2N4O. The van der Waals surface area contributed by atoms with E-state index in [2.05, 4.69) is 31.7 Å². The molecule has 0 aliphatic heterocycles. The van der Waals surface area contributed by atoms with Gasteiger partial charge in [-0.15, -0.1) is 0 Å². The van der Waals surface area contributed by atoms with Gasteiger partial charge in [-0.2, -0.15) is 5.10 Å². The number of hydrogen-bond acceptors (Lipinski definition) is 2. The molecule has 2 N–H and O–H groups in total. The van der Waals surface area contributed by atoms with E-state index in [0.717, 1.165) is 12.1 Å². The lowest BCUT2D eigenvalue weighted by Crippen LogP contribution is -2.20. The van der Waals surface area contributed by atoms with Crippen molar-refractivity contribution >= 4 is 33.3 Å². The highest BCUT2D eigenvalue weighted by molar-refractivity contribution is 9.10. The van der Waals surface area contributed by atoms with Gasteiger partial charge in [0.2, 0.25) is 0 Å². The summed E-state index contributed by atoms with van der Waals surface area (Å²) in [6.07, 6.45) is 2.96. The van der Waals surface area contributed by atoms with Crippen molar-refractivity contribution in [1.82, 2.24) is 9.78 Å². The van der Waals surface area contributed by atoms with Crippen LogP contribution in [0.25, 0.3) is 0 Å². The van der Waals surface area contributed by atoms with Crippen LogP contribution in [0.4, 0.5) is 25.0 Å². The molecule has 2 aromatic rings. The van der Waals surface area contributed by atoms with E-state index >= 15 is 0 Å². The summed E-state index contributed by atoms with van der Waals surface area (Å²) in [6.45, 7) is 0. The summed E-state index contributed by atoms with van der Waals surface area (Å²) in [7, 11) is 1.68. The Morgan fingerprint density at radius 3 is 2.47 bits per heavy atom. The number of benzene rings is 1. The zero-order valence-electron chi connectivity index (χ0n) is 9.75. The van der Waals surface area contributed by atoms with Crippen LogP contribution < -0.4 is 10.6 Å². The van der Waals surface area contributed by atoms with Gasteiger partial charge in [-0.25, -0.2) is 13.6 Å². The molecular weight excluding hydrogens is 322 g/mol. The number of urea groups is 1. The summed E-state index contributed by atoms with van der Waals surface area (Å²) in [5.74, 6) is -1.73. The first kappa shape index (κ1) is 13.5. The van der Waals surface area contributed by atoms with Crippen molar-refractivity contribution in [2.75, 3.05) is 10.6 Å². The molecule has 0 atom stereocenters. The summed E-state index contributed by atoms with van der Waals surface area (Å²) in [5.41, 5.74) is -0.0949. The number of aromatic nitrogens is 2. The third-order valence-electron chi connectivity index (χ3n) is 2.21. The van der Waals surface area contributed by atoms with E-state index in [1.54, 1.807) is 13.2 Å². The summed E-state index contributed by atoms with van der Waals surface area (Å²) in [6, 6.07) is 1.36. The summed E-state index contributed by atoms with van der Waals surface area (Å²) < 4.78 is 28.7. The van der Waals surface area contributed by atoms with Crippen molar-refractivity contribution in [1.29, 1.82) is 0 Å². The lowest BCUT2D eigenvalue weighted by molar-refractivity contribution is 0.262. The van der Waals surface area contributed by atoms with Crippen LogP contribution in [0.2, 0.25) is 0 Å². The van der Waals surface area contributed by atoms with Crippen LogP contribution in [0.15, 0.2) is 29.0 Å². The number of rotatable bonds is 2. The minimum absolute atomic E-state index is 0.251. The van der Waals surface area contributed by atoms with Crippen LogP contribution in [-0.2, 0) is 7.05 Å². The van der Waals surface area contributed by atoms with E-state index in [0.29, 0.717) is 5.69 Å². The van der Waals surface area contributed by atoms with Gasteiger partial charge in [-0.3, -0.25) is 4.68 Å². The van der Waals surface area contributed by atoms with Crippen LogP contribution >= 0.6 is 15.9 Å². The SMILES string of the molecule is Cn1cc(NC(=O)Nc2c(F)cc(Br)cc2F)cn1. The molecule has 1 aromatic carbocycles. The number of nitrogens with one attached hydrogen (secondary N) is 2. The Kier molecular flexibility index (Phi) is 3.79. The van der Waals surface area contributed by atoms with Crippen LogP contribution in [-0.4, -0.2) is 15.8 Å². The van der Waals surface area contributed by atoms with Gasteiger partial charge in [0.05, 0.1) is 11.9 Å². The molecule has 0 saturated carbocycles. The second-order valence-corrected chi connectivity index (χ2v) is 4.64. The van der Waals surface area contributed by atoms with Crippen LogP contribution in [0.5, 0.6) is 0 Å². The number of carbonyl (C=O) groups is 1. The number of hydrogen-bond donors (Lipinski definition) is 2. The molecule has 0 radical (unpaired) electrons. The molecule has 2 rings (SSSR count). The minimum Gasteiger partial charge on any atom is -0.305 e. The highest BCUT2D eigenvalue weighted by Crippen LogP contribution is 2.23. The van der Waals surface area contributed by atoms with Gasteiger partial charge in [0.1, 0.15) is 5.69 Å². The molecule has 0 aliphatic carbocycles. The zero-order chi connectivity index (χ0) is 14.0. The van der Waals surface area contributed by atoms with Crippen molar-refractivity contribution in [2.24, 2.45) is 7.05 Å². The van der Waals surface area contributed by atoms with E-state index in [9.17, 15) is 13.6 Å². The summed E-state index contributed by atoms with van der Waals surface area (Å²) in [4.78, 5) is 11.6. The maximum absolute atomic E-state index is 13.5. The molecule has 0 spiro atoms. The molecule has 0 bridgehead atoms. The molecule has 1 aromatic heterocycles. The van der Waals surface area contributed by atoms with Gasteiger partial charge in [0, 0.05) is 17.7 Å². The zero-order valence-corrected chi connectivity index (χ0v) is 11.3. The topological polar surface area (TPSA) is 59.0 Å². The molecule has 8 heteroatoms. The average molecular weight is 331 g/mol. The number of nitrogens with zero attached hydrogens (tertiary/aromatic N) is 2. The number of carbonyl (C=O) groups excluding carboxylic acids is 1. The fourth-order valence-electron chi connectivity index (χ4n) is 1.42. The Hall–Kier alpha value is -1.96. The van der Waals surface area contributed by atoms with Gasteiger partial charge in [0.15, 0.2) is 11.6 Å². The normalized spacial score (nSPS) is 10.3. The Bertz CT molecular complexity index is 606. The monoisotopic (exact) mass is 330 g/mol. The molecule has 1 heterocycles. The molecule has 2 amide bonds. The first-order valence-electron chi connectivity index (χ1n) is 5.17. The van der Waals surface area contributed by atoms with Gasteiger partial charge < -0.3 is 10.6 Å². The molecule has 0 saturated heterocycles. The highest BCUT2D eigenvalue weighted by atomic mass is 79.9. The predicted molar refractivity (Wildman–Crippen MR) is 69.9 cm³/mol. The lowest BCUT2D eigenvalue weighted by atomic mass is 10.3. The van der Waals surface area contributed by atoms with E-state index in [1.165, 1.54) is 10.9 Å². The summed E-state index contributed by atoms with van der Waals surface area (Å²) in [5, 5.41) is 8.35. The van der Waals surface area contributed by atoms with Gasteiger partial charge >= 0.3 is 6.03 Å². The maximum Gasteiger partial charge on any atom is 0.323 e. The molecule has 0 fully saturated rings. The second kappa shape index (κ2) is 5.35. The molecule has 100 valence electrons. The van der Waals surface area contributed by atoms with Crippen LogP contribution in [0.1, 0.15) is 0 Å². The average Bonchev–Trinajstić information content (AvgIpc) is 2.69. The maximum atomic E-state index is 13.5. The number of halogens is 3.